The quantitative estimate of drug-likeness (QED) is 0.797. The molecule has 5 heteroatoms. The lowest BCUT2D eigenvalue weighted by Gasteiger charge is -2.38. The molecule has 1 spiro atoms. The normalized spacial score (nSPS) is 24.9. The number of fused-ring (bicyclic) bond motifs is 2. The molecule has 142 valence electrons. The van der Waals surface area contributed by atoms with Gasteiger partial charge >= 0.3 is 0 Å². The zero-order chi connectivity index (χ0) is 19.0. The number of amides is 1. The van der Waals surface area contributed by atoms with Crippen LogP contribution in [0.2, 0.25) is 5.02 Å². The summed E-state index contributed by atoms with van der Waals surface area (Å²) < 4.78 is 5.88. The molecule has 4 rings (SSSR count). The number of nitrogens with zero attached hydrogens (tertiary/aromatic N) is 1. The molecule has 1 amide bonds. The van der Waals surface area contributed by atoms with Gasteiger partial charge in [-0.2, -0.15) is 0 Å². The van der Waals surface area contributed by atoms with E-state index in [0.717, 1.165) is 43.9 Å². The maximum Gasteiger partial charge on any atom is 0.227 e. The molecule has 0 radical (unpaired) electrons. The highest BCUT2D eigenvalue weighted by Crippen LogP contribution is 2.49. The Kier molecular flexibility index (Phi) is 4.85. The monoisotopic (exact) mass is 384 g/mol. The van der Waals surface area contributed by atoms with E-state index in [1.54, 1.807) is 12.1 Å². The van der Waals surface area contributed by atoms with Crippen LogP contribution in [0, 0.1) is 18.8 Å². The van der Waals surface area contributed by atoms with Gasteiger partial charge in [-0.25, -0.2) is 4.98 Å². The summed E-state index contributed by atoms with van der Waals surface area (Å²) in [5.41, 5.74) is 3.32. The summed E-state index contributed by atoms with van der Waals surface area (Å²) in [6.45, 7) is 4.84. The van der Waals surface area contributed by atoms with Crippen molar-refractivity contribution in [2.24, 2.45) is 11.8 Å². The maximum absolute atomic E-state index is 12.7. The fourth-order valence-corrected chi connectivity index (χ4v) is 4.57. The summed E-state index contributed by atoms with van der Waals surface area (Å²) in [5, 5.41) is 3.69. The van der Waals surface area contributed by atoms with Crippen molar-refractivity contribution in [2.45, 2.75) is 44.9 Å². The number of halogens is 1. The van der Waals surface area contributed by atoms with Crippen LogP contribution in [0.5, 0.6) is 5.88 Å². The number of hydrogen-bond acceptors (Lipinski definition) is 3. The number of anilines is 1. The van der Waals surface area contributed by atoms with Gasteiger partial charge in [0.1, 0.15) is 0 Å². The second kappa shape index (κ2) is 7.16. The van der Waals surface area contributed by atoms with Gasteiger partial charge in [0.15, 0.2) is 0 Å². The van der Waals surface area contributed by atoms with Gasteiger partial charge in [-0.1, -0.05) is 18.5 Å². The Hall–Kier alpha value is -2.07. The Morgan fingerprint density at radius 3 is 2.70 bits per heavy atom. The van der Waals surface area contributed by atoms with Crippen LogP contribution in [0.3, 0.4) is 0 Å². The fraction of sp³-hybridized carbons (Fsp3) is 0.455. The van der Waals surface area contributed by atoms with Crippen molar-refractivity contribution in [1.82, 2.24) is 4.98 Å². The molecule has 2 aliphatic rings. The number of carbonyl (C=O) groups excluding carboxylic acids is 1. The van der Waals surface area contributed by atoms with Crippen LogP contribution in [-0.4, -0.2) is 17.5 Å². The molecular weight excluding hydrogens is 360 g/mol. The van der Waals surface area contributed by atoms with Gasteiger partial charge in [0.25, 0.3) is 0 Å². The molecule has 1 atom stereocenters. The molecule has 4 nitrogen and oxygen atoms in total. The summed E-state index contributed by atoms with van der Waals surface area (Å²) >= 11 is 5.91. The Bertz CT molecular complexity index is 842. The lowest BCUT2D eigenvalue weighted by molar-refractivity contribution is -0.121. The first kappa shape index (κ1) is 18.3. The maximum atomic E-state index is 12.7. The second-order valence-corrected chi connectivity index (χ2v) is 8.49. The number of pyridine rings is 1. The number of aryl methyl sites for hydroxylation is 1. The highest BCUT2D eigenvalue weighted by Gasteiger charge is 2.45. The second-order valence-electron chi connectivity index (χ2n) is 8.06. The van der Waals surface area contributed by atoms with E-state index in [4.69, 9.17) is 16.3 Å². The molecule has 0 bridgehead atoms. The number of benzene rings is 1. The van der Waals surface area contributed by atoms with E-state index in [1.165, 1.54) is 11.1 Å². The fourth-order valence-electron chi connectivity index (χ4n) is 4.45. The highest BCUT2D eigenvalue weighted by molar-refractivity contribution is 6.30. The summed E-state index contributed by atoms with van der Waals surface area (Å²) in [7, 11) is 0. The molecule has 1 aliphatic heterocycles. The predicted octanol–water partition coefficient (Wildman–Crippen LogP) is 5.14. The van der Waals surface area contributed by atoms with E-state index in [0.29, 0.717) is 10.9 Å². The Balaban J connectivity index is 1.40. The Morgan fingerprint density at radius 1 is 1.30 bits per heavy atom. The van der Waals surface area contributed by atoms with Crippen molar-refractivity contribution in [2.75, 3.05) is 11.9 Å². The Labute approximate surface area is 165 Å². The molecular formula is C22H25ClN2O2. The van der Waals surface area contributed by atoms with Crippen LogP contribution >= 0.6 is 11.6 Å². The summed E-state index contributed by atoms with van der Waals surface area (Å²) in [5.74, 6) is 1.26. The lowest BCUT2D eigenvalue weighted by atomic mass is 9.65. The first-order valence-corrected chi connectivity index (χ1v) is 10.0. The van der Waals surface area contributed by atoms with Gasteiger partial charge in [0.2, 0.25) is 11.8 Å². The van der Waals surface area contributed by atoms with Crippen LogP contribution < -0.4 is 10.1 Å². The van der Waals surface area contributed by atoms with E-state index < -0.39 is 0 Å². The molecule has 2 aromatic rings. The third-order valence-electron chi connectivity index (χ3n) is 6.26. The van der Waals surface area contributed by atoms with Crippen molar-refractivity contribution in [3.8, 4) is 5.88 Å². The van der Waals surface area contributed by atoms with E-state index in [-0.39, 0.29) is 17.2 Å². The average molecular weight is 385 g/mol. The third kappa shape index (κ3) is 3.55. The Morgan fingerprint density at radius 2 is 2.00 bits per heavy atom. The van der Waals surface area contributed by atoms with Crippen molar-refractivity contribution < 1.29 is 9.53 Å². The van der Waals surface area contributed by atoms with Crippen LogP contribution in [0.15, 0.2) is 36.5 Å². The molecule has 1 aromatic carbocycles. The number of hydrogen-bond donors (Lipinski definition) is 1. The van der Waals surface area contributed by atoms with Crippen molar-refractivity contribution >= 4 is 23.2 Å². The summed E-state index contributed by atoms with van der Waals surface area (Å²) in [4.78, 5) is 17.1. The number of ether oxygens (including phenoxy) is 1. The molecule has 2 heterocycles. The van der Waals surface area contributed by atoms with Gasteiger partial charge in [0, 0.05) is 33.8 Å². The van der Waals surface area contributed by atoms with Crippen LogP contribution in [-0.2, 0) is 10.2 Å². The van der Waals surface area contributed by atoms with Gasteiger partial charge < -0.3 is 10.1 Å². The van der Waals surface area contributed by atoms with Crippen molar-refractivity contribution in [3.05, 3.63) is 52.7 Å². The summed E-state index contributed by atoms with van der Waals surface area (Å²) in [6.07, 6.45) is 6.03. The van der Waals surface area contributed by atoms with E-state index in [2.05, 4.69) is 23.3 Å². The topological polar surface area (TPSA) is 51.2 Å². The van der Waals surface area contributed by atoms with Gasteiger partial charge in [0.05, 0.1) is 6.61 Å². The minimum Gasteiger partial charge on any atom is -0.476 e. The van der Waals surface area contributed by atoms with Crippen molar-refractivity contribution in [1.29, 1.82) is 0 Å². The van der Waals surface area contributed by atoms with Crippen LogP contribution in [0.4, 0.5) is 5.69 Å². The highest BCUT2D eigenvalue weighted by atomic mass is 35.5. The number of carbonyl (C=O) groups is 1. The smallest absolute Gasteiger partial charge is 0.227 e. The zero-order valence-corrected chi connectivity index (χ0v) is 16.6. The van der Waals surface area contributed by atoms with E-state index >= 15 is 0 Å². The predicted molar refractivity (Wildman–Crippen MR) is 107 cm³/mol. The van der Waals surface area contributed by atoms with E-state index in [9.17, 15) is 4.79 Å². The van der Waals surface area contributed by atoms with E-state index in [1.807, 2.05) is 25.3 Å². The molecule has 1 N–H and O–H groups in total. The van der Waals surface area contributed by atoms with Crippen LogP contribution in [0.1, 0.15) is 43.7 Å². The van der Waals surface area contributed by atoms with Gasteiger partial charge in [-0.15, -0.1) is 0 Å². The molecule has 0 unspecified atom stereocenters. The van der Waals surface area contributed by atoms with Crippen molar-refractivity contribution in [3.63, 3.8) is 0 Å². The number of aromatic nitrogens is 1. The zero-order valence-electron chi connectivity index (χ0n) is 15.8. The first-order chi connectivity index (χ1) is 13.0. The standard InChI is InChI=1S/C22H25ClN2O2/c1-14-11-19-21(24-12-14)27-13-22(19)9-7-16(8-10-22)15(2)20(26)25-18-5-3-17(23)4-6-18/h3-6,11-12,15-16H,7-10,13H2,1-2H3,(H,25,26)/t15-,16?,22?/m0/s1. The minimum atomic E-state index is -0.0181. The molecule has 1 aliphatic carbocycles. The van der Waals surface area contributed by atoms with Gasteiger partial charge in [-0.05, 0) is 74.4 Å². The number of nitrogens with one attached hydrogen (secondary N) is 1. The van der Waals surface area contributed by atoms with Crippen LogP contribution in [0.25, 0.3) is 0 Å². The third-order valence-corrected chi connectivity index (χ3v) is 6.52. The lowest BCUT2D eigenvalue weighted by Crippen LogP contribution is -2.37. The minimum absolute atomic E-state index is 0.0181. The SMILES string of the molecule is Cc1cnc2c(c1)C1(CCC([C@H](C)C(=O)Nc3ccc(Cl)cc3)CC1)CO2. The summed E-state index contributed by atoms with van der Waals surface area (Å²) in [6, 6.07) is 9.49. The largest absolute Gasteiger partial charge is 0.476 e. The molecule has 1 saturated carbocycles. The average Bonchev–Trinajstić information content (AvgIpc) is 3.01. The first-order valence-electron chi connectivity index (χ1n) is 9.63. The molecule has 27 heavy (non-hydrogen) atoms. The number of rotatable bonds is 3. The molecule has 0 saturated heterocycles. The molecule has 1 aromatic heterocycles. The molecule has 1 fully saturated rings. The van der Waals surface area contributed by atoms with Gasteiger partial charge in [-0.3, -0.25) is 4.79 Å².